The molecule has 4 heteroatoms. The number of carbonyl (C=O) groups is 1. The van der Waals surface area contributed by atoms with Crippen molar-refractivity contribution in [2.24, 2.45) is 0 Å². The van der Waals surface area contributed by atoms with Crippen LogP contribution < -0.4 is 9.47 Å². The first-order chi connectivity index (χ1) is 11.9. The van der Waals surface area contributed by atoms with Gasteiger partial charge in [-0.15, -0.1) is 0 Å². The van der Waals surface area contributed by atoms with Crippen molar-refractivity contribution in [1.29, 1.82) is 0 Å². The summed E-state index contributed by atoms with van der Waals surface area (Å²) >= 11 is 0. The SMILES string of the molecule is COc1cc2c(cc1CCC(=O)c1ccc(O)cc1)CCC(C)(C)O2. The first kappa shape index (κ1) is 17.3. The van der Waals surface area contributed by atoms with Gasteiger partial charge in [-0.2, -0.15) is 0 Å². The van der Waals surface area contributed by atoms with Crippen molar-refractivity contribution in [2.75, 3.05) is 7.11 Å². The molecule has 0 bridgehead atoms. The highest BCUT2D eigenvalue weighted by Crippen LogP contribution is 2.38. The van der Waals surface area contributed by atoms with E-state index in [0.29, 0.717) is 18.4 Å². The highest BCUT2D eigenvalue weighted by atomic mass is 16.5. The quantitative estimate of drug-likeness (QED) is 0.824. The summed E-state index contributed by atoms with van der Waals surface area (Å²) < 4.78 is 11.6. The van der Waals surface area contributed by atoms with Crippen molar-refractivity contribution >= 4 is 5.78 Å². The van der Waals surface area contributed by atoms with E-state index in [1.54, 1.807) is 19.2 Å². The van der Waals surface area contributed by atoms with Crippen LogP contribution in [0.4, 0.5) is 0 Å². The Morgan fingerprint density at radius 3 is 2.64 bits per heavy atom. The maximum absolute atomic E-state index is 12.4. The summed E-state index contributed by atoms with van der Waals surface area (Å²) in [6, 6.07) is 10.4. The second-order valence-corrected chi connectivity index (χ2v) is 7.10. The molecule has 0 atom stereocenters. The van der Waals surface area contributed by atoms with Gasteiger partial charge < -0.3 is 14.6 Å². The smallest absolute Gasteiger partial charge is 0.163 e. The monoisotopic (exact) mass is 340 g/mol. The van der Waals surface area contributed by atoms with Gasteiger partial charge in [0.15, 0.2) is 5.78 Å². The Balaban J connectivity index is 1.76. The Kier molecular flexibility index (Phi) is 4.71. The predicted octanol–water partition coefficient (Wildman–Crippen LogP) is 4.32. The van der Waals surface area contributed by atoms with Crippen molar-refractivity contribution in [2.45, 2.75) is 45.1 Å². The van der Waals surface area contributed by atoms with Crippen molar-refractivity contribution in [1.82, 2.24) is 0 Å². The normalized spacial score (nSPS) is 15.2. The molecule has 0 aliphatic carbocycles. The summed E-state index contributed by atoms with van der Waals surface area (Å²) in [4.78, 5) is 12.4. The lowest BCUT2D eigenvalue weighted by atomic mass is 9.92. The highest BCUT2D eigenvalue weighted by molar-refractivity contribution is 5.96. The number of carbonyl (C=O) groups excluding carboxylic acids is 1. The van der Waals surface area contributed by atoms with Crippen LogP contribution in [0.2, 0.25) is 0 Å². The number of Topliss-reactive ketones (excluding diaryl/α,β-unsaturated/α-hetero) is 1. The lowest BCUT2D eigenvalue weighted by molar-refractivity contribution is 0.0842. The molecule has 1 aliphatic heterocycles. The number of fused-ring (bicyclic) bond motifs is 1. The summed E-state index contributed by atoms with van der Waals surface area (Å²) in [5.41, 5.74) is 2.65. The molecule has 0 saturated carbocycles. The number of hydrogen-bond acceptors (Lipinski definition) is 4. The van der Waals surface area contributed by atoms with Gasteiger partial charge in [-0.25, -0.2) is 0 Å². The lowest BCUT2D eigenvalue weighted by Crippen LogP contribution is -2.32. The van der Waals surface area contributed by atoms with E-state index in [4.69, 9.17) is 9.47 Å². The average Bonchev–Trinajstić information content (AvgIpc) is 2.58. The molecule has 132 valence electrons. The van der Waals surface area contributed by atoms with E-state index < -0.39 is 0 Å². The fourth-order valence-electron chi connectivity index (χ4n) is 3.16. The molecule has 3 rings (SSSR count). The van der Waals surface area contributed by atoms with Gasteiger partial charge in [0.25, 0.3) is 0 Å². The molecule has 2 aromatic carbocycles. The molecule has 0 saturated heterocycles. The summed E-state index contributed by atoms with van der Waals surface area (Å²) in [6.07, 6.45) is 2.94. The Hall–Kier alpha value is -2.49. The molecular weight excluding hydrogens is 316 g/mol. The fourth-order valence-corrected chi connectivity index (χ4v) is 3.16. The van der Waals surface area contributed by atoms with Gasteiger partial charge in [-0.05, 0) is 74.6 Å². The number of benzene rings is 2. The third kappa shape index (κ3) is 3.95. The third-order valence-electron chi connectivity index (χ3n) is 4.66. The minimum atomic E-state index is -0.158. The van der Waals surface area contributed by atoms with Crippen LogP contribution in [0.25, 0.3) is 0 Å². The fraction of sp³-hybridized carbons (Fsp3) is 0.381. The van der Waals surface area contributed by atoms with E-state index in [1.807, 2.05) is 6.07 Å². The number of rotatable bonds is 5. The van der Waals surface area contributed by atoms with Crippen LogP contribution in [0.3, 0.4) is 0 Å². The van der Waals surface area contributed by atoms with Crippen molar-refractivity contribution in [3.05, 3.63) is 53.1 Å². The largest absolute Gasteiger partial charge is 0.508 e. The number of phenolic OH excluding ortho intramolecular Hbond substituents is 1. The molecule has 0 amide bonds. The molecule has 0 spiro atoms. The first-order valence-electron chi connectivity index (χ1n) is 8.59. The van der Waals surface area contributed by atoms with Crippen molar-refractivity contribution < 1.29 is 19.4 Å². The van der Waals surface area contributed by atoms with E-state index >= 15 is 0 Å². The van der Waals surface area contributed by atoms with E-state index in [1.165, 1.54) is 17.7 Å². The predicted molar refractivity (Wildman–Crippen MR) is 96.8 cm³/mol. The van der Waals surface area contributed by atoms with Gasteiger partial charge in [0.05, 0.1) is 7.11 Å². The molecule has 1 N–H and O–H groups in total. The Morgan fingerprint density at radius 1 is 1.24 bits per heavy atom. The number of aryl methyl sites for hydroxylation is 2. The first-order valence-corrected chi connectivity index (χ1v) is 8.59. The number of hydrogen-bond donors (Lipinski definition) is 1. The zero-order valence-electron chi connectivity index (χ0n) is 15.0. The highest BCUT2D eigenvalue weighted by Gasteiger charge is 2.27. The topological polar surface area (TPSA) is 55.8 Å². The standard InChI is InChI=1S/C21H24O4/c1-21(2)11-10-16-12-15(19(24-3)13-20(16)25-21)6-9-18(23)14-4-7-17(22)8-5-14/h4-5,7-8,12-13,22H,6,9-11H2,1-3H3. The second-order valence-electron chi connectivity index (χ2n) is 7.10. The van der Waals surface area contributed by atoms with Crippen LogP contribution in [0.1, 0.15) is 48.2 Å². The minimum Gasteiger partial charge on any atom is -0.508 e. The Morgan fingerprint density at radius 2 is 1.96 bits per heavy atom. The number of methoxy groups -OCH3 is 1. The molecule has 0 fully saturated rings. The summed E-state index contributed by atoms with van der Waals surface area (Å²) in [5, 5.41) is 9.32. The summed E-state index contributed by atoms with van der Waals surface area (Å²) in [7, 11) is 1.64. The lowest BCUT2D eigenvalue weighted by Gasteiger charge is -2.33. The van der Waals surface area contributed by atoms with Crippen molar-refractivity contribution in [3.8, 4) is 17.2 Å². The number of aromatic hydroxyl groups is 1. The van der Waals surface area contributed by atoms with E-state index in [0.717, 1.165) is 29.9 Å². The Bertz CT molecular complexity index is 775. The summed E-state index contributed by atoms with van der Waals surface area (Å²) in [6.45, 7) is 4.18. The van der Waals surface area contributed by atoms with Crippen LogP contribution >= 0.6 is 0 Å². The molecule has 1 aliphatic rings. The number of phenols is 1. The van der Waals surface area contributed by atoms with Crippen LogP contribution in [0.5, 0.6) is 17.2 Å². The second kappa shape index (κ2) is 6.79. The summed E-state index contributed by atoms with van der Waals surface area (Å²) in [5.74, 6) is 1.85. The van der Waals surface area contributed by atoms with Gasteiger partial charge in [0.1, 0.15) is 22.8 Å². The van der Waals surface area contributed by atoms with Crippen LogP contribution in [-0.4, -0.2) is 23.6 Å². The average molecular weight is 340 g/mol. The van der Waals surface area contributed by atoms with Gasteiger partial charge >= 0.3 is 0 Å². The van der Waals surface area contributed by atoms with Crippen LogP contribution in [0.15, 0.2) is 36.4 Å². The molecule has 0 unspecified atom stereocenters. The number of ketones is 1. The van der Waals surface area contributed by atoms with Crippen LogP contribution in [-0.2, 0) is 12.8 Å². The van der Waals surface area contributed by atoms with E-state index in [9.17, 15) is 9.90 Å². The molecule has 0 aromatic heterocycles. The third-order valence-corrected chi connectivity index (χ3v) is 4.66. The molecular formula is C21H24O4. The number of ether oxygens (including phenoxy) is 2. The van der Waals surface area contributed by atoms with Crippen molar-refractivity contribution in [3.63, 3.8) is 0 Å². The minimum absolute atomic E-state index is 0.0529. The molecule has 4 nitrogen and oxygen atoms in total. The van der Waals surface area contributed by atoms with Gasteiger partial charge in [-0.1, -0.05) is 0 Å². The van der Waals surface area contributed by atoms with Crippen LogP contribution in [0, 0.1) is 0 Å². The van der Waals surface area contributed by atoms with E-state index in [-0.39, 0.29) is 17.1 Å². The molecule has 25 heavy (non-hydrogen) atoms. The zero-order valence-corrected chi connectivity index (χ0v) is 15.0. The zero-order chi connectivity index (χ0) is 18.0. The molecule has 0 radical (unpaired) electrons. The van der Waals surface area contributed by atoms with Gasteiger partial charge in [-0.3, -0.25) is 4.79 Å². The maximum atomic E-state index is 12.4. The van der Waals surface area contributed by atoms with Gasteiger partial charge in [0.2, 0.25) is 0 Å². The van der Waals surface area contributed by atoms with E-state index in [2.05, 4.69) is 19.9 Å². The molecule has 1 heterocycles. The Labute approximate surface area is 148 Å². The van der Waals surface area contributed by atoms with Gasteiger partial charge in [0, 0.05) is 18.1 Å². The molecule has 2 aromatic rings. The maximum Gasteiger partial charge on any atom is 0.163 e.